The van der Waals surface area contributed by atoms with Crippen LogP contribution in [0.15, 0.2) is 4.90 Å². The first-order valence-corrected chi connectivity index (χ1v) is 1.91. The third-order valence-corrected chi connectivity index (χ3v) is 0.717. The van der Waals surface area contributed by atoms with E-state index in [0.29, 0.717) is 0 Å². The van der Waals surface area contributed by atoms with Crippen molar-refractivity contribution in [1.82, 2.24) is 4.72 Å². The van der Waals surface area contributed by atoms with Crippen LogP contribution in [0.3, 0.4) is 0 Å². The molecule has 2 nitrogen and oxygen atoms in total. The van der Waals surface area contributed by atoms with Gasteiger partial charge in [0.1, 0.15) is 0 Å². The van der Waals surface area contributed by atoms with E-state index in [4.69, 9.17) is 7.98 Å². The molecule has 0 saturated carbocycles. The summed E-state index contributed by atoms with van der Waals surface area (Å²) in [6.07, 6.45) is 0. The van der Waals surface area contributed by atoms with Gasteiger partial charge in [-0.15, -0.1) is 0 Å². The van der Waals surface area contributed by atoms with Crippen molar-refractivity contribution in [2.75, 3.05) is 13.1 Å². The van der Waals surface area contributed by atoms with Crippen molar-refractivity contribution in [2.24, 2.45) is 4.90 Å². The summed E-state index contributed by atoms with van der Waals surface area (Å²) in [4.78, 5) is 3.84. The number of hydrogen-bond donors (Lipinski definition) is 0. The second kappa shape index (κ2) is 1.45. The first-order chi connectivity index (χ1) is 2.89. The normalized spacial score (nSPS) is 18.3. The van der Waals surface area contributed by atoms with Gasteiger partial charge >= 0.3 is 37.9 Å². The summed E-state index contributed by atoms with van der Waals surface area (Å²) in [6, 6.07) is 0. The van der Waals surface area contributed by atoms with Crippen LogP contribution in [0.4, 0.5) is 0 Å². The van der Waals surface area contributed by atoms with Gasteiger partial charge in [0.25, 0.3) is 0 Å². The first-order valence-electron chi connectivity index (χ1n) is 1.91. The summed E-state index contributed by atoms with van der Waals surface area (Å²) in [5.41, 5.74) is 0. The molecule has 0 spiro atoms. The van der Waals surface area contributed by atoms with Gasteiger partial charge in [0.05, 0.1) is 0 Å². The standard InChI is InChI=1S/C2H4B2N2/c3-6-2-1-5-4-6/h1-2H2. The van der Waals surface area contributed by atoms with Gasteiger partial charge in [-0.05, 0) is 0 Å². The maximum absolute atomic E-state index is 5.22. The van der Waals surface area contributed by atoms with Crippen LogP contribution >= 0.6 is 0 Å². The molecule has 0 aliphatic carbocycles. The molecule has 2 radical (unpaired) electrons. The molecule has 0 unspecified atom stereocenters. The Kier molecular flexibility index (Phi) is 0.945. The molecule has 0 aromatic heterocycles. The third kappa shape index (κ3) is 0.614. The van der Waals surface area contributed by atoms with Crippen molar-refractivity contribution in [3.63, 3.8) is 0 Å². The van der Waals surface area contributed by atoms with E-state index < -0.39 is 0 Å². The van der Waals surface area contributed by atoms with Crippen LogP contribution in [0, 0.1) is 0 Å². The van der Waals surface area contributed by atoms with Gasteiger partial charge < -0.3 is 0 Å². The minimum absolute atomic E-state index is 0.858. The minimum atomic E-state index is 0.858. The fourth-order valence-electron chi connectivity index (χ4n) is 0.394. The van der Waals surface area contributed by atoms with Gasteiger partial charge in [0, 0.05) is 0 Å². The van der Waals surface area contributed by atoms with Crippen LogP contribution < -0.4 is 0 Å². The average Bonchev–Trinajstić information content (AvgIpc) is 1.86. The van der Waals surface area contributed by atoms with Gasteiger partial charge in [-0.1, -0.05) is 0 Å². The molecule has 0 aromatic carbocycles. The molecule has 1 rings (SSSR count). The molecule has 1 aliphatic rings. The second-order valence-electron chi connectivity index (χ2n) is 1.26. The predicted octanol–water partition coefficient (Wildman–Crippen LogP) is -0.812. The molecule has 4 heteroatoms. The molecule has 1 aliphatic heterocycles. The van der Waals surface area contributed by atoms with Crippen LogP contribution in [0.1, 0.15) is 0 Å². The first kappa shape index (κ1) is 3.90. The maximum atomic E-state index is 5.22. The van der Waals surface area contributed by atoms with Crippen LogP contribution in [0.5, 0.6) is 0 Å². The predicted molar refractivity (Wildman–Crippen MR) is 25.5 cm³/mol. The number of rotatable bonds is 0. The van der Waals surface area contributed by atoms with Crippen molar-refractivity contribution < 1.29 is 0 Å². The topological polar surface area (TPSA) is 15.6 Å². The molecular formula is C2H4B2N2. The monoisotopic (exact) mass is 78.1 g/mol. The summed E-state index contributed by atoms with van der Waals surface area (Å²) in [6.45, 7) is 1.73. The van der Waals surface area contributed by atoms with Crippen LogP contribution in [-0.4, -0.2) is 33.0 Å². The van der Waals surface area contributed by atoms with Crippen LogP contribution in [0.2, 0.25) is 0 Å². The van der Waals surface area contributed by atoms with Crippen molar-refractivity contribution in [3.8, 4) is 0 Å². The van der Waals surface area contributed by atoms with Gasteiger partial charge in [0.15, 0.2) is 0 Å². The number of nitrogens with zero attached hydrogens (tertiary/aromatic N) is 2. The molecule has 0 N–H and O–H groups in total. The van der Waals surface area contributed by atoms with Crippen LogP contribution in [0.25, 0.3) is 0 Å². The fourth-order valence-corrected chi connectivity index (χ4v) is 0.394. The summed E-state index contributed by atoms with van der Waals surface area (Å²) in [7, 11) is 6.86. The Labute approximate surface area is 38.9 Å². The van der Waals surface area contributed by atoms with E-state index in [9.17, 15) is 0 Å². The Morgan fingerprint density at radius 1 is 1.83 bits per heavy atom. The Hall–Kier alpha value is -0.270. The molecule has 0 saturated heterocycles. The van der Waals surface area contributed by atoms with Gasteiger partial charge in [0.2, 0.25) is 0 Å². The van der Waals surface area contributed by atoms with E-state index in [1.165, 1.54) is 0 Å². The fraction of sp³-hybridized carbons (Fsp3) is 1.00. The van der Waals surface area contributed by atoms with E-state index in [0.717, 1.165) is 13.1 Å². The molecule has 6 heavy (non-hydrogen) atoms. The molecule has 0 bridgehead atoms. The zero-order valence-corrected chi connectivity index (χ0v) is 3.46. The summed E-state index contributed by atoms with van der Waals surface area (Å²) in [5.74, 6) is 0. The van der Waals surface area contributed by atoms with E-state index in [-0.39, 0.29) is 0 Å². The molecule has 0 aromatic rings. The Morgan fingerprint density at radius 3 is 2.83 bits per heavy atom. The number of hydrogen-bond acceptors (Lipinski definition) is 2. The van der Waals surface area contributed by atoms with E-state index in [2.05, 4.69) is 4.90 Å². The van der Waals surface area contributed by atoms with E-state index in [1.807, 2.05) is 0 Å². The van der Waals surface area contributed by atoms with Gasteiger partial charge in [-0.3, -0.25) is 0 Å². The molecular weight excluding hydrogens is 73.7 g/mol. The van der Waals surface area contributed by atoms with E-state index in [1.54, 1.807) is 11.9 Å². The molecule has 1 heterocycles. The van der Waals surface area contributed by atoms with Crippen molar-refractivity contribution in [1.29, 1.82) is 0 Å². The van der Waals surface area contributed by atoms with Crippen molar-refractivity contribution in [2.45, 2.75) is 0 Å². The van der Waals surface area contributed by atoms with Crippen LogP contribution in [-0.2, 0) is 0 Å². The Balaban J connectivity index is 2.38. The molecule has 0 atom stereocenters. The van der Waals surface area contributed by atoms with Crippen molar-refractivity contribution in [3.05, 3.63) is 0 Å². The molecule has 0 fully saturated rings. The van der Waals surface area contributed by atoms with E-state index >= 15 is 0 Å². The SMILES string of the molecule is [B]N1B=NCC1. The average molecular weight is 77.7 g/mol. The van der Waals surface area contributed by atoms with Gasteiger partial charge in [-0.25, -0.2) is 0 Å². The summed E-state index contributed by atoms with van der Waals surface area (Å²) < 4.78 is 1.57. The summed E-state index contributed by atoms with van der Waals surface area (Å²) >= 11 is 0. The Morgan fingerprint density at radius 2 is 2.67 bits per heavy atom. The third-order valence-electron chi connectivity index (χ3n) is 0.717. The second-order valence-corrected chi connectivity index (χ2v) is 1.26. The quantitative estimate of drug-likeness (QED) is 0.346. The molecule has 0 amide bonds. The van der Waals surface area contributed by atoms with Crippen molar-refractivity contribution >= 4 is 15.2 Å². The Bertz CT molecular complexity index is 71.9. The summed E-state index contributed by atoms with van der Waals surface area (Å²) in [5, 5.41) is 0. The zero-order valence-electron chi connectivity index (χ0n) is 3.46. The zero-order chi connectivity index (χ0) is 4.41. The van der Waals surface area contributed by atoms with Gasteiger partial charge in [-0.2, -0.15) is 0 Å². The molecule has 28 valence electrons.